The minimum atomic E-state index is 0.757. The Bertz CT molecular complexity index is 531. The molecule has 0 saturated heterocycles. The highest BCUT2D eigenvalue weighted by Crippen LogP contribution is 2.25. The highest BCUT2D eigenvalue weighted by atomic mass is 35.5. The van der Waals surface area contributed by atoms with Crippen LogP contribution in [0.5, 0.6) is 0 Å². The van der Waals surface area contributed by atoms with Crippen molar-refractivity contribution in [2.75, 3.05) is 0 Å². The van der Waals surface area contributed by atoms with Gasteiger partial charge in [0.15, 0.2) is 6.29 Å². The number of aldehydes is 1. The van der Waals surface area contributed by atoms with E-state index >= 15 is 0 Å². The van der Waals surface area contributed by atoms with Crippen molar-refractivity contribution in [1.29, 1.82) is 0 Å². The molecule has 0 aliphatic rings. The summed E-state index contributed by atoms with van der Waals surface area (Å²) in [6.45, 7) is 2.11. The molecule has 1 aromatic carbocycles. The van der Waals surface area contributed by atoms with Crippen molar-refractivity contribution in [2.45, 2.75) is 19.8 Å². The van der Waals surface area contributed by atoms with Crippen molar-refractivity contribution in [3.8, 4) is 0 Å². The summed E-state index contributed by atoms with van der Waals surface area (Å²) in [6.07, 6.45) is 2.73. The first-order chi connectivity index (χ1) is 8.22. The van der Waals surface area contributed by atoms with Crippen LogP contribution in [0.15, 0.2) is 30.3 Å². The molecule has 1 aromatic heterocycles. The van der Waals surface area contributed by atoms with Crippen molar-refractivity contribution < 1.29 is 4.79 Å². The number of hydrogen-bond acceptors (Lipinski definition) is 2. The van der Waals surface area contributed by atoms with Crippen LogP contribution >= 0.6 is 22.9 Å². The fraction of sp³-hybridized carbons (Fsp3) is 0.214. The van der Waals surface area contributed by atoms with Gasteiger partial charge in [0.2, 0.25) is 0 Å². The molecule has 0 fully saturated rings. The highest BCUT2D eigenvalue weighted by Gasteiger charge is 2.08. The summed E-state index contributed by atoms with van der Waals surface area (Å²) in [4.78, 5) is 12.8. The van der Waals surface area contributed by atoms with E-state index in [1.165, 1.54) is 16.0 Å². The molecule has 0 aliphatic carbocycles. The molecule has 0 spiro atoms. The maximum atomic E-state index is 10.8. The Kier molecular flexibility index (Phi) is 3.97. The van der Waals surface area contributed by atoms with Crippen molar-refractivity contribution in [2.24, 2.45) is 0 Å². The Balaban J connectivity index is 2.28. The minimum absolute atomic E-state index is 0.757. The molecule has 0 atom stereocenters. The van der Waals surface area contributed by atoms with Gasteiger partial charge in [-0.05, 0) is 35.7 Å². The van der Waals surface area contributed by atoms with Crippen LogP contribution in [-0.4, -0.2) is 6.29 Å². The standard InChI is InChI=1S/C14H13ClOS/c1-2-11-8-13(9-16)17-14(11)7-10-4-3-5-12(15)6-10/h3-6,8-9H,2,7H2,1H3. The summed E-state index contributed by atoms with van der Waals surface area (Å²) in [5.41, 5.74) is 2.45. The van der Waals surface area contributed by atoms with Crippen molar-refractivity contribution in [3.05, 3.63) is 56.2 Å². The molecule has 17 heavy (non-hydrogen) atoms. The van der Waals surface area contributed by atoms with Gasteiger partial charge in [0.05, 0.1) is 4.88 Å². The fourth-order valence-corrected chi connectivity index (χ4v) is 3.15. The molecule has 0 radical (unpaired) electrons. The third-order valence-electron chi connectivity index (χ3n) is 2.67. The lowest BCUT2D eigenvalue weighted by atomic mass is 10.1. The zero-order valence-corrected chi connectivity index (χ0v) is 11.1. The summed E-state index contributed by atoms with van der Waals surface area (Å²) in [7, 11) is 0. The third kappa shape index (κ3) is 2.96. The molecule has 0 saturated carbocycles. The molecule has 2 aromatic rings. The SMILES string of the molecule is CCc1cc(C=O)sc1Cc1cccc(Cl)c1. The largest absolute Gasteiger partial charge is 0.297 e. The number of halogens is 1. The number of rotatable bonds is 4. The predicted octanol–water partition coefficient (Wildman–Crippen LogP) is 4.37. The van der Waals surface area contributed by atoms with Gasteiger partial charge in [0.25, 0.3) is 0 Å². The van der Waals surface area contributed by atoms with Crippen molar-refractivity contribution in [1.82, 2.24) is 0 Å². The number of carbonyl (C=O) groups excluding carboxylic acids is 1. The van der Waals surface area contributed by atoms with Crippen molar-refractivity contribution in [3.63, 3.8) is 0 Å². The number of hydrogen-bond donors (Lipinski definition) is 0. The second kappa shape index (κ2) is 5.48. The number of thiophene rings is 1. The van der Waals surface area contributed by atoms with E-state index in [4.69, 9.17) is 11.6 Å². The van der Waals surface area contributed by atoms with E-state index in [-0.39, 0.29) is 0 Å². The Morgan fingerprint density at radius 2 is 2.18 bits per heavy atom. The monoisotopic (exact) mass is 264 g/mol. The molecule has 3 heteroatoms. The molecule has 88 valence electrons. The van der Waals surface area contributed by atoms with Gasteiger partial charge in [-0.1, -0.05) is 30.7 Å². The van der Waals surface area contributed by atoms with E-state index in [9.17, 15) is 4.79 Å². The maximum absolute atomic E-state index is 10.8. The summed E-state index contributed by atoms with van der Waals surface area (Å²) in [6, 6.07) is 9.85. The second-order valence-electron chi connectivity index (χ2n) is 3.88. The molecule has 0 bridgehead atoms. The average molecular weight is 265 g/mol. The first-order valence-corrected chi connectivity index (χ1v) is 6.73. The Labute approximate surface area is 110 Å². The first kappa shape index (κ1) is 12.3. The molecule has 0 unspecified atom stereocenters. The summed E-state index contributed by atoms with van der Waals surface area (Å²) in [5, 5.41) is 0.757. The Morgan fingerprint density at radius 3 is 2.82 bits per heavy atom. The zero-order valence-electron chi connectivity index (χ0n) is 9.57. The zero-order chi connectivity index (χ0) is 12.3. The van der Waals surface area contributed by atoms with Crippen LogP contribution in [0.2, 0.25) is 5.02 Å². The van der Waals surface area contributed by atoms with Crippen LogP contribution in [0.25, 0.3) is 0 Å². The van der Waals surface area contributed by atoms with E-state index in [2.05, 4.69) is 13.0 Å². The van der Waals surface area contributed by atoms with Crippen LogP contribution in [0.1, 0.15) is 32.6 Å². The lowest BCUT2D eigenvalue weighted by Crippen LogP contribution is -1.88. The van der Waals surface area contributed by atoms with Gasteiger partial charge in [-0.3, -0.25) is 4.79 Å². The number of carbonyl (C=O) groups is 1. The fourth-order valence-electron chi connectivity index (χ4n) is 1.83. The molecule has 0 N–H and O–H groups in total. The lowest BCUT2D eigenvalue weighted by molar-refractivity contribution is 0.112. The van der Waals surface area contributed by atoms with Crippen LogP contribution in [0, 0.1) is 0 Å². The average Bonchev–Trinajstić information content (AvgIpc) is 2.71. The number of benzene rings is 1. The molecule has 0 aliphatic heterocycles. The van der Waals surface area contributed by atoms with Gasteiger partial charge < -0.3 is 0 Å². The van der Waals surface area contributed by atoms with Crippen molar-refractivity contribution >= 4 is 29.2 Å². The lowest BCUT2D eigenvalue weighted by Gasteiger charge is -2.02. The highest BCUT2D eigenvalue weighted by molar-refractivity contribution is 7.13. The maximum Gasteiger partial charge on any atom is 0.160 e. The van der Waals surface area contributed by atoms with Gasteiger partial charge in [-0.15, -0.1) is 11.3 Å². The molecule has 0 amide bonds. The quantitative estimate of drug-likeness (QED) is 0.750. The van der Waals surface area contributed by atoms with Gasteiger partial charge in [-0.25, -0.2) is 0 Å². The number of aryl methyl sites for hydroxylation is 1. The second-order valence-corrected chi connectivity index (χ2v) is 5.48. The molecule has 2 rings (SSSR count). The van der Waals surface area contributed by atoms with Crippen LogP contribution in [-0.2, 0) is 12.8 Å². The summed E-state index contributed by atoms with van der Waals surface area (Å²) in [5.74, 6) is 0. The van der Waals surface area contributed by atoms with Gasteiger partial charge in [-0.2, -0.15) is 0 Å². The van der Waals surface area contributed by atoms with E-state index < -0.39 is 0 Å². The Morgan fingerprint density at radius 1 is 1.35 bits per heavy atom. The molecule has 1 heterocycles. The summed E-state index contributed by atoms with van der Waals surface area (Å²) >= 11 is 7.54. The normalized spacial score (nSPS) is 10.5. The first-order valence-electron chi connectivity index (χ1n) is 5.54. The molecular weight excluding hydrogens is 252 g/mol. The molecule has 1 nitrogen and oxygen atoms in total. The predicted molar refractivity (Wildman–Crippen MR) is 73.3 cm³/mol. The van der Waals surface area contributed by atoms with Gasteiger partial charge >= 0.3 is 0 Å². The minimum Gasteiger partial charge on any atom is -0.297 e. The van der Waals surface area contributed by atoms with E-state index in [1.807, 2.05) is 24.3 Å². The van der Waals surface area contributed by atoms with Gasteiger partial charge in [0, 0.05) is 16.3 Å². The van der Waals surface area contributed by atoms with E-state index in [1.54, 1.807) is 11.3 Å². The molecular formula is C14H13ClOS. The third-order valence-corrected chi connectivity index (χ3v) is 4.00. The van der Waals surface area contributed by atoms with E-state index in [0.29, 0.717) is 0 Å². The van der Waals surface area contributed by atoms with Crippen LogP contribution in [0.4, 0.5) is 0 Å². The van der Waals surface area contributed by atoms with Crippen LogP contribution in [0.3, 0.4) is 0 Å². The topological polar surface area (TPSA) is 17.1 Å². The van der Waals surface area contributed by atoms with Crippen LogP contribution < -0.4 is 0 Å². The smallest absolute Gasteiger partial charge is 0.160 e. The van der Waals surface area contributed by atoms with E-state index in [0.717, 1.165) is 29.0 Å². The summed E-state index contributed by atoms with van der Waals surface area (Å²) < 4.78 is 0. The van der Waals surface area contributed by atoms with Gasteiger partial charge in [0.1, 0.15) is 0 Å². The Hall–Kier alpha value is -1.12.